The molecule has 10 heteroatoms. The fourth-order valence-corrected chi connectivity index (χ4v) is 3.68. The van der Waals surface area contributed by atoms with Gasteiger partial charge in [0.15, 0.2) is 0 Å². The van der Waals surface area contributed by atoms with E-state index in [0.29, 0.717) is 16.3 Å². The third-order valence-corrected chi connectivity index (χ3v) is 5.16. The number of hydrogen-bond acceptors (Lipinski definition) is 7. The lowest BCUT2D eigenvalue weighted by molar-refractivity contribution is -0.139. The smallest absolute Gasteiger partial charge is 0.327 e. The minimum absolute atomic E-state index is 0.0746. The Morgan fingerprint density at radius 2 is 2.04 bits per heavy atom. The molecule has 0 saturated carbocycles. The quantitative estimate of drug-likeness (QED) is 0.465. The van der Waals surface area contributed by atoms with Crippen molar-refractivity contribution in [2.24, 2.45) is 0 Å². The van der Waals surface area contributed by atoms with Crippen LogP contribution in [0.3, 0.4) is 0 Å². The highest BCUT2D eigenvalue weighted by Crippen LogP contribution is 2.29. The van der Waals surface area contributed by atoms with Crippen molar-refractivity contribution in [3.05, 3.63) is 51.6 Å². The molecule has 0 aliphatic heterocycles. The summed E-state index contributed by atoms with van der Waals surface area (Å²) >= 11 is 2.75. The Kier molecular flexibility index (Phi) is 5.44. The number of rotatable bonds is 4. The summed E-state index contributed by atoms with van der Waals surface area (Å²) in [6.07, 6.45) is 1.46. The van der Waals surface area contributed by atoms with Crippen LogP contribution in [0, 0.1) is 6.92 Å². The highest BCUT2D eigenvalue weighted by Gasteiger charge is 2.19. The van der Waals surface area contributed by atoms with Crippen LogP contribution in [0.5, 0.6) is 0 Å². The van der Waals surface area contributed by atoms with Crippen molar-refractivity contribution in [1.29, 1.82) is 0 Å². The average Bonchev–Trinajstić information content (AvgIpc) is 3.37. The van der Waals surface area contributed by atoms with Gasteiger partial charge in [0.2, 0.25) is 0 Å². The molecule has 0 aliphatic rings. The average molecular weight is 390 g/mol. The summed E-state index contributed by atoms with van der Waals surface area (Å²) in [4.78, 5) is 40.4. The van der Waals surface area contributed by atoms with Gasteiger partial charge in [0, 0.05) is 10.9 Å². The zero-order valence-electron chi connectivity index (χ0n) is 13.6. The second-order valence-electron chi connectivity index (χ2n) is 5.12. The molecule has 3 aromatic heterocycles. The largest absolute Gasteiger partial charge is 0.467 e. The van der Waals surface area contributed by atoms with Crippen molar-refractivity contribution >= 4 is 40.4 Å². The first kappa shape index (κ1) is 17.8. The molecule has 0 radical (unpaired) electrons. The van der Waals surface area contributed by atoms with Crippen molar-refractivity contribution in [3.63, 3.8) is 0 Å². The molecule has 0 aliphatic carbocycles. The number of carbonyl (C=O) groups excluding carboxylic acids is 3. The first-order valence-corrected chi connectivity index (χ1v) is 9.21. The number of nitrogens with zero attached hydrogens (tertiary/aromatic N) is 1. The fraction of sp³-hybridized carbons (Fsp3) is 0.125. The summed E-state index contributed by atoms with van der Waals surface area (Å²) < 4.78 is 5.04. The summed E-state index contributed by atoms with van der Waals surface area (Å²) in [7, 11) is 0. The zero-order chi connectivity index (χ0) is 18.5. The Morgan fingerprint density at radius 3 is 2.73 bits per heavy atom. The van der Waals surface area contributed by atoms with Crippen molar-refractivity contribution in [2.75, 3.05) is 0 Å². The normalized spacial score (nSPS) is 10.3. The van der Waals surface area contributed by atoms with Crippen LogP contribution in [0.4, 0.5) is 0 Å². The van der Waals surface area contributed by atoms with Gasteiger partial charge in [-0.2, -0.15) is 11.3 Å². The van der Waals surface area contributed by atoms with Gasteiger partial charge in [0.1, 0.15) is 15.6 Å². The molecule has 0 atom stereocenters. The van der Waals surface area contributed by atoms with Gasteiger partial charge in [-0.15, -0.1) is 11.3 Å². The number of thiazole rings is 1. The van der Waals surface area contributed by atoms with Gasteiger partial charge in [-0.05, 0) is 30.5 Å². The number of thiophene rings is 1. The lowest BCUT2D eigenvalue weighted by Crippen LogP contribution is -2.48. The SMILES string of the molecule is Cc1nc(-c2ccsc2)sc1C(=O)NNC(=O)C(=O)NCc1ccco1. The number of nitrogens with one attached hydrogen (secondary N) is 3. The molecule has 3 amide bonds. The molecule has 0 unspecified atom stereocenters. The predicted octanol–water partition coefficient (Wildman–Crippen LogP) is 1.85. The van der Waals surface area contributed by atoms with E-state index in [9.17, 15) is 14.4 Å². The van der Waals surface area contributed by atoms with Crippen molar-refractivity contribution in [2.45, 2.75) is 13.5 Å². The van der Waals surface area contributed by atoms with E-state index in [4.69, 9.17) is 4.42 Å². The zero-order valence-corrected chi connectivity index (χ0v) is 15.2. The molecule has 3 heterocycles. The number of aromatic nitrogens is 1. The molecule has 3 aromatic rings. The summed E-state index contributed by atoms with van der Waals surface area (Å²) in [5.74, 6) is -1.89. The molecular formula is C16H14N4O4S2. The molecule has 3 N–H and O–H groups in total. The van der Waals surface area contributed by atoms with Crippen molar-refractivity contribution < 1.29 is 18.8 Å². The van der Waals surface area contributed by atoms with E-state index in [0.717, 1.165) is 10.6 Å². The monoisotopic (exact) mass is 390 g/mol. The molecule has 0 spiro atoms. The predicted molar refractivity (Wildman–Crippen MR) is 96.3 cm³/mol. The van der Waals surface area contributed by atoms with Crippen molar-refractivity contribution in [1.82, 2.24) is 21.2 Å². The van der Waals surface area contributed by atoms with Gasteiger partial charge < -0.3 is 9.73 Å². The molecule has 0 aromatic carbocycles. The second-order valence-corrected chi connectivity index (χ2v) is 6.89. The van der Waals surface area contributed by atoms with E-state index in [1.165, 1.54) is 28.9 Å². The number of furan rings is 1. The van der Waals surface area contributed by atoms with Gasteiger partial charge in [0.05, 0.1) is 18.5 Å². The van der Waals surface area contributed by atoms with E-state index in [-0.39, 0.29) is 6.54 Å². The fourth-order valence-electron chi connectivity index (χ4n) is 2.00. The highest BCUT2D eigenvalue weighted by atomic mass is 32.1. The Bertz CT molecular complexity index is 916. The van der Waals surface area contributed by atoms with Crippen molar-refractivity contribution in [3.8, 4) is 10.6 Å². The number of hydrogen-bond donors (Lipinski definition) is 3. The second kappa shape index (κ2) is 7.93. The third-order valence-electron chi connectivity index (χ3n) is 3.27. The van der Waals surface area contributed by atoms with Crippen LogP contribution in [0.25, 0.3) is 10.6 Å². The van der Waals surface area contributed by atoms with Crippen LogP contribution in [-0.2, 0) is 16.1 Å². The summed E-state index contributed by atoms with van der Waals surface area (Å²) in [5, 5.41) is 6.96. The van der Waals surface area contributed by atoms with Crippen LogP contribution >= 0.6 is 22.7 Å². The van der Waals surface area contributed by atoms with Gasteiger partial charge in [-0.1, -0.05) is 0 Å². The van der Waals surface area contributed by atoms with E-state index >= 15 is 0 Å². The van der Waals surface area contributed by atoms with Gasteiger partial charge >= 0.3 is 11.8 Å². The summed E-state index contributed by atoms with van der Waals surface area (Å²) in [6.45, 7) is 1.78. The first-order chi connectivity index (χ1) is 12.5. The van der Waals surface area contributed by atoms with Gasteiger partial charge in [0.25, 0.3) is 5.91 Å². The van der Waals surface area contributed by atoms with E-state index in [2.05, 4.69) is 21.2 Å². The number of amides is 3. The molecule has 134 valence electrons. The number of carbonyl (C=O) groups is 3. The highest BCUT2D eigenvalue weighted by molar-refractivity contribution is 7.17. The van der Waals surface area contributed by atoms with E-state index in [1.807, 2.05) is 16.8 Å². The lowest BCUT2D eigenvalue weighted by atomic mass is 10.3. The van der Waals surface area contributed by atoms with E-state index < -0.39 is 17.7 Å². The molecule has 8 nitrogen and oxygen atoms in total. The molecule has 0 fully saturated rings. The lowest BCUT2D eigenvalue weighted by Gasteiger charge is -2.06. The number of aryl methyl sites for hydroxylation is 1. The maximum absolute atomic E-state index is 12.2. The molecule has 26 heavy (non-hydrogen) atoms. The minimum Gasteiger partial charge on any atom is -0.467 e. The van der Waals surface area contributed by atoms with E-state index in [1.54, 1.807) is 19.1 Å². The van der Waals surface area contributed by atoms with Gasteiger partial charge in [-0.25, -0.2) is 4.98 Å². The van der Waals surface area contributed by atoms with Crippen LogP contribution < -0.4 is 16.2 Å². The van der Waals surface area contributed by atoms with Crippen LogP contribution in [0.15, 0.2) is 39.6 Å². The summed E-state index contributed by atoms with van der Waals surface area (Å²) in [5.41, 5.74) is 5.78. The molecular weight excluding hydrogens is 376 g/mol. The topological polar surface area (TPSA) is 113 Å². The summed E-state index contributed by atoms with van der Waals surface area (Å²) in [6, 6.07) is 5.25. The minimum atomic E-state index is -0.981. The van der Waals surface area contributed by atoms with Crippen LogP contribution in [-0.4, -0.2) is 22.7 Å². The Hall–Kier alpha value is -2.98. The molecule has 0 bridgehead atoms. The third kappa shape index (κ3) is 4.16. The van der Waals surface area contributed by atoms with Crippen LogP contribution in [0.1, 0.15) is 21.1 Å². The molecule has 0 saturated heterocycles. The first-order valence-electron chi connectivity index (χ1n) is 7.45. The Balaban J connectivity index is 1.53. The maximum atomic E-state index is 12.2. The van der Waals surface area contributed by atoms with Gasteiger partial charge in [-0.3, -0.25) is 25.2 Å². The standard InChI is InChI=1S/C16H14N4O4S2/c1-9-12(26-16(18-9)10-4-6-25-8-10)13(21)19-20-15(23)14(22)17-7-11-3-2-5-24-11/h2-6,8H,7H2,1H3,(H,17,22)(H,19,21)(H,20,23). The Morgan fingerprint density at radius 1 is 1.19 bits per heavy atom. The van der Waals surface area contributed by atoms with Crippen LogP contribution in [0.2, 0.25) is 0 Å². The Labute approximate surface area is 156 Å². The molecule has 3 rings (SSSR count). The number of hydrazine groups is 1. The maximum Gasteiger partial charge on any atom is 0.327 e.